The fourth-order valence-electron chi connectivity index (χ4n) is 2.01. The number of carbonyl (C=O) groups is 1. The molecular formula is C16H29NO. The molecule has 0 unspecified atom stereocenters. The third-order valence-electron chi connectivity index (χ3n) is 3.35. The Morgan fingerprint density at radius 1 is 1.17 bits per heavy atom. The van der Waals surface area contributed by atoms with Crippen LogP contribution < -0.4 is 5.32 Å². The third-order valence-corrected chi connectivity index (χ3v) is 3.35. The van der Waals surface area contributed by atoms with Crippen molar-refractivity contribution in [2.75, 3.05) is 0 Å². The van der Waals surface area contributed by atoms with Gasteiger partial charge in [-0.05, 0) is 37.7 Å². The topological polar surface area (TPSA) is 29.1 Å². The van der Waals surface area contributed by atoms with E-state index in [2.05, 4.69) is 19.2 Å². The molecule has 1 N–H and O–H groups in total. The minimum Gasteiger partial charge on any atom is -0.350 e. The van der Waals surface area contributed by atoms with E-state index < -0.39 is 0 Å². The van der Waals surface area contributed by atoms with Gasteiger partial charge >= 0.3 is 0 Å². The first-order valence-corrected chi connectivity index (χ1v) is 7.65. The lowest BCUT2D eigenvalue weighted by Crippen LogP contribution is -2.22. The van der Waals surface area contributed by atoms with Crippen LogP contribution in [0.2, 0.25) is 0 Å². The van der Waals surface area contributed by atoms with E-state index in [0.717, 1.165) is 25.2 Å². The Labute approximate surface area is 112 Å². The molecule has 1 rings (SSSR count). The number of hydrogen-bond donors (Lipinski definition) is 1. The molecule has 0 aromatic carbocycles. The second-order valence-electron chi connectivity index (χ2n) is 5.92. The van der Waals surface area contributed by atoms with Crippen molar-refractivity contribution in [1.29, 1.82) is 0 Å². The van der Waals surface area contributed by atoms with Crippen LogP contribution in [0.1, 0.15) is 71.6 Å². The van der Waals surface area contributed by atoms with Gasteiger partial charge in [0.05, 0.1) is 0 Å². The molecule has 2 heteroatoms. The monoisotopic (exact) mass is 251 g/mol. The molecule has 0 bridgehead atoms. The van der Waals surface area contributed by atoms with Gasteiger partial charge in [0.1, 0.15) is 0 Å². The highest BCUT2D eigenvalue weighted by Gasteiger charge is 2.21. The summed E-state index contributed by atoms with van der Waals surface area (Å²) in [4.78, 5) is 11.3. The quantitative estimate of drug-likeness (QED) is 0.457. The van der Waals surface area contributed by atoms with E-state index >= 15 is 0 Å². The number of rotatable bonds is 10. The molecule has 0 heterocycles. The maximum Gasteiger partial charge on any atom is 0.243 e. The van der Waals surface area contributed by atoms with Gasteiger partial charge in [0.25, 0.3) is 0 Å². The van der Waals surface area contributed by atoms with Crippen molar-refractivity contribution in [2.45, 2.75) is 77.7 Å². The molecule has 2 nitrogen and oxygen atoms in total. The largest absolute Gasteiger partial charge is 0.350 e. The first-order valence-electron chi connectivity index (χ1n) is 7.65. The lowest BCUT2D eigenvalue weighted by molar-refractivity contribution is -0.116. The van der Waals surface area contributed by atoms with Gasteiger partial charge in [-0.15, -0.1) is 0 Å². The SMILES string of the molecule is CC(C)CCCCCCC/C=C\C(=O)NC1CC1. The van der Waals surface area contributed by atoms with Crippen molar-refractivity contribution in [1.82, 2.24) is 5.32 Å². The maximum atomic E-state index is 11.3. The molecule has 0 aromatic heterocycles. The van der Waals surface area contributed by atoms with E-state index in [9.17, 15) is 4.79 Å². The molecule has 1 amide bonds. The minimum absolute atomic E-state index is 0.0921. The Morgan fingerprint density at radius 2 is 1.83 bits per heavy atom. The summed E-state index contributed by atoms with van der Waals surface area (Å²) >= 11 is 0. The fraction of sp³-hybridized carbons (Fsp3) is 0.812. The zero-order valence-electron chi connectivity index (χ0n) is 12.1. The van der Waals surface area contributed by atoms with Crippen LogP contribution >= 0.6 is 0 Å². The lowest BCUT2D eigenvalue weighted by Gasteiger charge is -2.03. The molecule has 104 valence electrons. The van der Waals surface area contributed by atoms with Crippen LogP contribution in [0.25, 0.3) is 0 Å². The highest BCUT2D eigenvalue weighted by molar-refractivity contribution is 5.87. The molecule has 18 heavy (non-hydrogen) atoms. The Kier molecular flexibility index (Phi) is 7.79. The van der Waals surface area contributed by atoms with Gasteiger partial charge in [-0.3, -0.25) is 4.79 Å². The van der Waals surface area contributed by atoms with Crippen LogP contribution in [0, 0.1) is 5.92 Å². The number of allylic oxidation sites excluding steroid dienone is 1. The summed E-state index contributed by atoms with van der Waals surface area (Å²) in [5.74, 6) is 0.937. The lowest BCUT2D eigenvalue weighted by atomic mass is 10.0. The minimum atomic E-state index is 0.0921. The van der Waals surface area contributed by atoms with Crippen molar-refractivity contribution < 1.29 is 4.79 Å². The number of hydrogen-bond acceptors (Lipinski definition) is 1. The number of amides is 1. The Morgan fingerprint density at radius 3 is 2.50 bits per heavy atom. The molecular weight excluding hydrogens is 222 g/mol. The molecule has 1 aliphatic rings. The summed E-state index contributed by atoms with van der Waals surface area (Å²) < 4.78 is 0. The second kappa shape index (κ2) is 9.18. The van der Waals surface area contributed by atoms with Gasteiger partial charge in [-0.2, -0.15) is 0 Å². The van der Waals surface area contributed by atoms with Crippen molar-refractivity contribution in [2.24, 2.45) is 5.92 Å². The molecule has 1 aliphatic carbocycles. The molecule has 1 saturated carbocycles. The van der Waals surface area contributed by atoms with Crippen LogP contribution in [0.3, 0.4) is 0 Å². The zero-order chi connectivity index (χ0) is 13.2. The smallest absolute Gasteiger partial charge is 0.243 e. The molecule has 0 saturated heterocycles. The van der Waals surface area contributed by atoms with Crippen molar-refractivity contribution >= 4 is 5.91 Å². The van der Waals surface area contributed by atoms with Crippen LogP contribution in [0.5, 0.6) is 0 Å². The van der Waals surface area contributed by atoms with E-state index in [0.29, 0.717) is 6.04 Å². The maximum absolute atomic E-state index is 11.3. The van der Waals surface area contributed by atoms with Gasteiger partial charge in [-0.25, -0.2) is 0 Å². The fourth-order valence-corrected chi connectivity index (χ4v) is 2.01. The van der Waals surface area contributed by atoms with E-state index in [1.54, 1.807) is 6.08 Å². The first-order chi connectivity index (χ1) is 8.68. The summed E-state index contributed by atoms with van der Waals surface area (Å²) in [6.07, 6.45) is 15.1. The van der Waals surface area contributed by atoms with Crippen LogP contribution in [-0.4, -0.2) is 11.9 Å². The summed E-state index contributed by atoms with van der Waals surface area (Å²) in [5, 5.41) is 2.96. The van der Waals surface area contributed by atoms with Crippen LogP contribution in [-0.2, 0) is 4.79 Å². The molecule has 1 fully saturated rings. The van der Waals surface area contributed by atoms with Crippen molar-refractivity contribution in [3.8, 4) is 0 Å². The first kappa shape index (κ1) is 15.3. The highest BCUT2D eigenvalue weighted by Crippen LogP contribution is 2.18. The molecule has 0 spiro atoms. The average Bonchev–Trinajstić information content (AvgIpc) is 3.10. The second-order valence-corrected chi connectivity index (χ2v) is 5.92. The normalized spacial score (nSPS) is 15.5. The summed E-state index contributed by atoms with van der Waals surface area (Å²) in [6, 6.07) is 0.475. The van der Waals surface area contributed by atoms with Gasteiger partial charge in [0.15, 0.2) is 0 Å². The van der Waals surface area contributed by atoms with Gasteiger partial charge in [-0.1, -0.05) is 52.0 Å². The predicted octanol–water partition coefficient (Wildman–Crippen LogP) is 4.21. The number of carbonyl (C=O) groups excluding carboxylic acids is 1. The molecule has 0 aliphatic heterocycles. The molecule has 0 atom stereocenters. The van der Waals surface area contributed by atoms with E-state index in [-0.39, 0.29) is 5.91 Å². The summed E-state index contributed by atoms with van der Waals surface area (Å²) in [5.41, 5.74) is 0. The highest BCUT2D eigenvalue weighted by atomic mass is 16.1. The Hall–Kier alpha value is -0.790. The summed E-state index contributed by atoms with van der Waals surface area (Å²) in [6.45, 7) is 4.58. The van der Waals surface area contributed by atoms with Crippen LogP contribution in [0.4, 0.5) is 0 Å². The summed E-state index contributed by atoms with van der Waals surface area (Å²) in [7, 11) is 0. The average molecular weight is 251 g/mol. The van der Waals surface area contributed by atoms with Crippen molar-refractivity contribution in [3.05, 3.63) is 12.2 Å². The third kappa shape index (κ3) is 9.26. The van der Waals surface area contributed by atoms with Gasteiger partial charge < -0.3 is 5.32 Å². The number of nitrogens with one attached hydrogen (secondary N) is 1. The zero-order valence-corrected chi connectivity index (χ0v) is 12.1. The van der Waals surface area contributed by atoms with Crippen LogP contribution in [0.15, 0.2) is 12.2 Å². The molecule has 0 aromatic rings. The Bertz CT molecular complexity index is 254. The van der Waals surface area contributed by atoms with E-state index in [1.165, 1.54) is 38.5 Å². The number of unbranched alkanes of at least 4 members (excludes halogenated alkanes) is 5. The molecule has 0 radical (unpaired) electrons. The van der Waals surface area contributed by atoms with Gasteiger partial charge in [0.2, 0.25) is 5.91 Å². The Balaban J connectivity index is 1.82. The standard InChI is InChI=1S/C16H29NO/c1-14(2)10-8-6-4-3-5-7-9-11-16(18)17-15-12-13-15/h9,11,14-15H,3-8,10,12-13H2,1-2H3,(H,17,18)/b11-9-. The van der Waals surface area contributed by atoms with E-state index in [1.807, 2.05) is 6.08 Å². The predicted molar refractivity (Wildman–Crippen MR) is 77.5 cm³/mol. The van der Waals surface area contributed by atoms with Crippen molar-refractivity contribution in [3.63, 3.8) is 0 Å². The van der Waals surface area contributed by atoms with E-state index in [4.69, 9.17) is 0 Å². The van der Waals surface area contributed by atoms with Gasteiger partial charge in [0, 0.05) is 6.04 Å².